The first-order chi connectivity index (χ1) is 10.4. The Morgan fingerprint density at radius 1 is 1.45 bits per heavy atom. The summed E-state index contributed by atoms with van der Waals surface area (Å²) < 4.78 is 0.732. The number of aliphatic carboxylic acids is 1. The van der Waals surface area contributed by atoms with Gasteiger partial charge in [0.25, 0.3) is 5.91 Å². The van der Waals surface area contributed by atoms with Gasteiger partial charge < -0.3 is 31.1 Å². The molecule has 0 bridgehead atoms. The van der Waals surface area contributed by atoms with Gasteiger partial charge in [-0.2, -0.15) is 0 Å². The van der Waals surface area contributed by atoms with Gasteiger partial charge in [0.2, 0.25) is 0 Å². The molecule has 22 heavy (non-hydrogen) atoms. The average Bonchev–Trinajstić information content (AvgIpc) is 2.47. The average molecular weight is 312 g/mol. The van der Waals surface area contributed by atoms with Crippen LogP contribution in [0.4, 0.5) is 5.82 Å². The molecule has 10 nitrogen and oxygen atoms in total. The van der Waals surface area contributed by atoms with Crippen LogP contribution in [0.2, 0.25) is 0 Å². The van der Waals surface area contributed by atoms with Crippen molar-refractivity contribution in [1.29, 1.82) is 5.41 Å². The van der Waals surface area contributed by atoms with Crippen LogP contribution in [0.25, 0.3) is 0 Å². The van der Waals surface area contributed by atoms with E-state index >= 15 is 0 Å². The Balaban J connectivity index is 3.54. The Kier molecular flexibility index (Phi) is 5.50. The van der Waals surface area contributed by atoms with Gasteiger partial charge in [-0.05, 0) is 6.92 Å². The fraction of sp³-hybridized carbons (Fsp3) is 0.333. The Hall–Kier alpha value is -3.04. The number of carboxylic acid groups (broad SMARTS) is 1. The zero-order valence-corrected chi connectivity index (χ0v) is 12.0. The lowest BCUT2D eigenvalue weighted by atomic mass is 10.1. The standard InChI is InChI=1S/C12H16N4O6/c1-3-22-16-10(14-2)6(4-13)9(19)8(12(16)21)11(20)15-5-7(17)18/h4,13-14,19H,3,5H2,1-2H3,(H,15,20)(H,17,18). The molecule has 0 saturated carbocycles. The van der Waals surface area contributed by atoms with Crippen LogP contribution in [0, 0.1) is 5.41 Å². The fourth-order valence-corrected chi connectivity index (χ4v) is 1.73. The Bertz CT molecular complexity index is 667. The van der Waals surface area contributed by atoms with Gasteiger partial charge in [0.1, 0.15) is 18.9 Å². The molecule has 0 fully saturated rings. The van der Waals surface area contributed by atoms with E-state index in [2.05, 4.69) is 5.32 Å². The van der Waals surface area contributed by atoms with Crippen molar-refractivity contribution < 1.29 is 24.6 Å². The first-order valence-corrected chi connectivity index (χ1v) is 6.22. The first kappa shape index (κ1) is 17.0. The van der Waals surface area contributed by atoms with Gasteiger partial charge in [0.05, 0.1) is 5.56 Å². The maximum absolute atomic E-state index is 12.3. The molecule has 120 valence electrons. The summed E-state index contributed by atoms with van der Waals surface area (Å²) in [6.45, 7) is 0.972. The second-order valence-corrected chi connectivity index (χ2v) is 3.97. The van der Waals surface area contributed by atoms with Gasteiger partial charge in [0, 0.05) is 13.3 Å². The number of nitrogens with zero attached hydrogens (tertiary/aromatic N) is 1. The molecule has 0 aliphatic carbocycles. The summed E-state index contributed by atoms with van der Waals surface area (Å²) in [6, 6.07) is 0. The molecule has 1 amide bonds. The summed E-state index contributed by atoms with van der Waals surface area (Å²) in [4.78, 5) is 39.8. The van der Waals surface area contributed by atoms with Gasteiger partial charge in [-0.25, -0.2) is 0 Å². The van der Waals surface area contributed by atoms with Crippen molar-refractivity contribution in [3.8, 4) is 5.75 Å². The summed E-state index contributed by atoms with van der Waals surface area (Å²) in [5.74, 6) is -3.13. The predicted octanol–water partition coefficient (Wildman–Crippen LogP) is -1.14. The third kappa shape index (κ3) is 3.16. The number of carbonyl (C=O) groups is 2. The van der Waals surface area contributed by atoms with E-state index in [-0.39, 0.29) is 18.0 Å². The van der Waals surface area contributed by atoms with Gasteiger partial charge >= 0.3 is 11.5 Å². The highest BCUT2D eigenvalue weighted by Gasteiger charge is 2.25. The van der Waals surface area contributed by atoms with Crippen LogP contribution in [-0.2, 0) is 4.79 Å². The van der Waals surface area contributed by atoms with Crippen molar-refractivity contribution in [1.82, 2.24) is 10.0 Å². The SMILES string of the molecule is CCOn1c(NC)c(C=N)c(O)c(C(=O)NCC(=O)O)c1=O. The molecule has 0 radical (unpaired) electrons. The number of hydrogen-bond donors (Lipinski definition) is 5. The van der Waals surface area contributed by atoms with E-state index in [1.54, 1.807) is 6.92 Å². The third-order valence-corrected chi connectivity index (χ3v) is 2.62. The quantitative estimate of drug-likeness (QED) is 0.398. The molecule has 1 rings (SSSR count). The number of aromatic nitrogens is 1. The van der Waals surface area contributed by atoms with Crippen molar-refractivity contribution in [2.24, 2.45) is 0 Å². The molecule has 5 N–H and O–H groups in total. The van der Waals surface area contributed by atoms with E-state index in [0.29, 0.717) is 0 Å². The van der Waals surface area contributed by atoms with Crippen LogP contribution < -0.4 is 21.0 Å². The number of amides is 1. The fourth-order valence-electron chi connectivity index (χ4n) is 1.73. The summed E-state index contributed by atoms with van der Waals surface area (Å²) in [7, 11) is 1.45. The second kappa shape index (κ2) is 7.11. The maximum atomic E-state index is 12.3. The minimum atomic E-state index is -1.31. The highest BCUT2D eigenvalue weighted by Crippen LogP contribution is 2.24. The molecule has 0 spiro atoms. The van der Waals surface area contributed by atoms with Crippen LogP contribution in [0.5, 0.6) is 5.75 Å². The molecule has 1 heterocycles. The van der Waals surface area contributed by atoms with Crippen molar-refractivity contribution >= 4 is 23.9 Å². The van der Waals surface area contributed by atoms with Gasteiger partial charge in [-0.15, -0.1) is 4.73 Å². The lowest BCUT2D eigenvalue weighted by Gasteiger charge is -2.17. The Labute approximate surface area is 124 Å². The summed E-state index contributed by atoms with van der Waals surface area (Å²) in [5.41, 5.74) is -1.82. The predicted molar refractivity (Wildman–Crippen MR) is 76.9 cm³/mol. The van der Waals surface area contributed by atoms with E-state index < -0.39 is 35.3 Å². The van der Waals surface area contributed by atoms with Crippen LogP contribution in [0.1, 0.15) is 22.8 Å². The minimum absolute atomic E-state index is 0.00543. The number of carbonyl (C=O) groups excluding carboxylic acids is 1. The summed E-state index contributed by atoms with van der Waals surface area (Å²) in [6.07, 6.45) is 0.740. The highest BCUT2D eigenvalue weighted by molar-refractivity contribution is 6.02. The molecule has 0 saturated heterocycles. The minimum Gasteiger partial charge on any atom is -0.506 e. The van der Waals surface area contributed by atoms with Crippen LogP contribution in [-0.4, -0.2) is 53.2 Å². The van der Waals surface area contributed by atoms with Gasteiger partial charge in [0.15, 0.2) is 11.4 Å². The molecular weight excluding hydrogens is 296 g/mol. The van der Waals surface area contributed by atoms with E-state index in [1.165, 1.54) is 7.05 Å². The maximum Gasteiger partial charge on any atom is 0.322 e. The molecule has 0 atom stereocenters. The third-order valence-electron chi connectivity index (χ3n) is 2.62. The smallest absolute Gasteiger partial charge is 0.322 e. The number of anilines is 1. The lowest BCUT2D eigenvalue weighted by Crippen LogP contribution is -2.39. The van der Waals surface area contributed by atoms with Crippen molar-refractivity contribution in [3.63, 3.8) is 0 Å². The van der Waals surface area contributed by atoms with E-state index in [9.17, 15) is 19.5 Å². The van der Waals surface area contributed by atoms with Crippen LogP contribution in [0.15, 0.2) is 4.79 Å². The Morgan fingerprint density at radius 2 is 2.09 bits per heavy atom. The molecule has 10 heteroatoms. The number of hydrogen-bond acceptors (Lipinski definition) is 7. The number of aromatic hydroxyl groups is 1. The topological polar surface area (TPSA) is 154 Å². The van der Waals surface area contributed by atoms with E-state index in [1.807, 2.05) is 5.32 Å². The molecule has 0 unspecified atom stereocenters. The number of rotatable bonds is 7. The molecule has 0 aliphatic heterocycles. The zero-order valence-electron chi connectivity index (χ0n) is 12.0. The van der Waals surface area contributed by atoms with Crippen LogP contribution in [0.3, 0.4) is 0 Å². The first-order valence-electron chi connectivity index (χ1n) is 6.22. The number of nitrogens with one attached hydrogen (secondary N) is 3. The number of pyridine rings is 1. The molecule has 1 aromatic rings. The lowest BCUT2D eigenvalue weighted by molar-refractivity contribution is -0.135. The van der Waals surface area contributed by atoms with E-state index in [0.717, 1.165) is 10.9 Å². The van der Waals surface area contributed by atoms with Crippen molar-refractivity contribution in [2.45, 2.75) is 6.92 Å². The summed E-state index contributed by atoms with van der Waals surface area (Å²) in [5, 5.41) is 30.5. The highest BCUT2D eigenvalue weighted by atomic mass is 16.7. The van der Waals surface area contributed by atoms with E-state index in [4.69, 9.17) is 15.4 Å². The van der Waals surface area contributed by atoms with Crippen molar-refractivity contribution in [3.05, 3.63) is 21.5 Å². The van der Waals surface area contributed by atoms with Crippen molar-refractivity contribution in [2.75, 3.05) is 25.5 Å². The van der Waals surface area contributed by atoms with Crippen LogP contribution >= 0.6 is 0 Å². The van der Waals surface area contributed by atoms with Gasteiger partial charge in [-0.3, -0.25) is 14.4 Å². The monoisotopic (exact) mass is 312 g/mol. The normalized spacial score (nSPS) is 9.91. The largest absolute Gasteiger partial charge is 0.506 e. The zero-order chi connectivity index (χ0) is 16.9. The Morgan fingerprint density at radius 3 is 2.55 bits per heavy atom. The molecular formula is C12H16N4O6. The molecule has 0 aromatic carbocycles. The summed E-state index contributed by atoms with van der Waals surface area (Å²) >= 11 is 0. The number of carboxylic acids is 1. The second-order valence-electron chi connectivity index (χ2n) is 3.97. The van der Waals surface area contributed by atoms with Gasteiger partial charge in [-0.1, -0.05) is 0 Å². The molecule has 1 aromatic heterocycles. The molecule has 0 aliphatic rings.